The molecule has 0 spiro atoms. The molecule has 0 atom stereocenters. The normalized spacial score (nSPS) is 16.6. The van der Waals surface area contributed by atoms with Gasteiger partial charge in [0.15, 0.2) is 0 Å². The lowest BCUT2D eigenvalue weighted by atomic mass is 10.1. The van der Waals surface area contributed by atoms with Crippen molar-refractivity contribution in [3.8, 4) is 0 Å². The maximum absolute atomic E-state index is 11.9. The number of hydrogen-bond acceptors (Lipinski definition) is 2. The smallest absolute Gasteiger partial charge is 0.234 e. The molecule has 1 saturated carbocycles. The third kappa shape index (κ3) is 4.97. The van der Waals surface area contributed by atoms with Gasteiger partial charge >= 0.3 is 0 Å². The van der Waals surface area contributed by atoms with Crippen LogP contribution in [0, 0.1) is 6.92 Å². The molecule has 0 bridgehead atoms. The first-order chi connectivity index (χ1) is 9.75. The van der Waals surface area contributed by atoms with E-state index in [-0.39, 0.29) is 5.91 Å². The molecule has 3 heteroatoms. The molecule has 0 radical (unpaired) electrons. The Labute approximate surface area is 122 Å². The minimum atomic E-state index is 0.130. The van der Waals surface area contributed by atoms with Gasteiger partial charge in [0.1, 0.15) is 0 Å². The summed E-state index contributed by atoms with van der Waals surface area (Å²) in [5.74, 6) is 0.130. The van der Waals surface area contributed by atoms with Crippen LogP contribution in [-0.2, 0) is 11.3 Å². The number of hydrogen-bond donors (Lipinski definition) is 2. The van der Waals surface area contributed by atoms with Gasteiger partial charge < -0.3 is 10.6 Å². The van der Waals surface area contributed by atoms with Crippen LogP contribution >= 0.6 is 0 Å². The maximum atomic E-state index is 11.9. The van der Waals surface area contributed by atoms with Crippen molar-refractivity contribution in [3.63, 3.8) is 0 Å². The summed E-state index contributed by atoms with van der Waals surface area (Å²) in [5, 5.41) is 6.39. The van der Waals surface area contributed by atoms with Gasteiger partial charge in [-0.05, 0) is 30.9 Å². The van der Waals surface area contributed by atoms with Gasteiger partial charge in [-0.25, -0.2) is 0 Å². The molecule has 0 aliphatic heterocycles. The first-order valence-corrected chi connectivity index (χ1v) is 7.80. The van der Waals surface area contributed by atoms with E-state index < -0.39 is 0 Å². The van der Waals surface area contributed by atoms with Crippen molar-refractivity contribution in [3.05, 3.63) is 35.4 Å². The highest BCUT2D eigenvalue weighted by Crippen LogP contribution is 2.16. The van der Waals surface area contributed by atoms with Gasteiger partial charge in [0, 0.05) is 12.6 Å². The zero-order valence-electron chi connectivity index (χ0n) is 12.5. The topological polar surface area (TPSA) is 41.1 Å². The summed E-state index contributed by atoms with van der Waals surface area (Å²) in [6.07, 6.45) is 7.42. The van der Waals surface area contributed by atoms with E-state index in [0.717, 1.165) is 19.4 Å². The number of rotatable bonds is 5. The number of nitrogens with one attached hydrogen (secondary N) is 2. The molecule has 0 saturated heterocycles. The minimum Gasteiger partial charge on any atom is -0.352 e. The molecule has 20 heavy (non-hydrogen) atoms. The molecular formula is C17H26N2O. The van der Waals surface area contributed by atoms with Gasteiger partial charge in [-0.2, -0.15) is 0 Å². The van der Waals surface area contributed by atoms with Gasteiger partial charge in [0.25, 0.3) is 0 Å². The first kappa shape index (κ1) is 15.0. The zero-order chi connectivity index (χ0) is 14.2. The Hall–Kier alpha value is -1.35. The molecule has 1 aliphatic carbocycles. The second kappa shape index (κ2) is 8.05. The molecular weight excluding hydrogens is 248 g/mol. The van der Waals surface area contributed by atoms with Gasteiger partial charge in [-0.15, -0.1) is 0 Å². The van der Waals surface area contributed by atoms with Crippen molar-refractivity contribution in [2.75, 3.05) is 6.54 Å². The van der Waals surface area contributed by atoms with Crippen LogP contribution in [0.15, 0.2) is 24.3 Å². The van der Waals surface area contributed by atoms with Crippen molar-refractivity contribution >= 4 is 5.91 Å². The van der Waals surface area contributed by atoms with Crippen molar-refractivity contribution in [1.82, 2.24) is 10.6 Å². The van der Waals surface area contributed by atoms with Crippen molar-refractivity contribution in [2.45, 2.75) is 58.0 Å². The lowest BCUT2D eigenvalue weighted by molar-refractivity contribution is -0.121. The third-order valence-electron chi connectivity index (χ3n) is 4.08. The SMILES string of the molecule is Cc1ccccc1CNCC(=O)NC1CCCCCC1. The van der Waals surface area contributed by atoms with Gasteiger partial charge in [0.05, 0.1) is 6.54 Å². The van der Waals surface area contributed by atoms with Crippen LogP contribution in [0.2, 0.25) is 0 Å². The Morgan fingerprint density at radius 3 is 2.55 bits per heavy atom. The molecule has 1 amide bonds. The van der Waals surface area contributed by atoms with Crippen LogP contribution < -0.4 is 10.6 Å². The summed E-state index contributed by atoms with van der Waals surface area (Å²) in [6.45, 7) is 3.26. The van der Waals surface area contributed by atoms with Crippen LogP contribution in [-0.4, -0.2) is 18.5 Å². The third-order valence-corrected chi connectivity index (χ3v) is 4.08. The van der Waals surface area contributed by atoms with Crippen LogP contribution in [0.5, 0.6) is 0 Å². The van der Waals surface area contributed by atoms with Crippen molar-refractivity contribution in [2.24, 2.45) is 0 Å². The molecule has 1 fully saturated rings. The number of aryl methyl sites for hydroxylation is 1. The highest BCUT2D eigenvalue weighted by Gasteiger charge is 2.14. The first-order valence-electron chi connectivity index (χ1n) is 7.80. The number of amides is 1. The second-order valence-corrected chi connectivity index (χ2v) is 5.79. The zero-order valence-corrected chi connectivity index (χ0v) is 12.5. The van der Waals surface area contributed by atoms with Crippen LogP contribution in [0.4, 0.5) is 0 Å². The van der Waals surface area contributed by atoms with E-state index in [9.17, 15) is 4.79 Å². The molecule has 1 aromatic carbocycles. The molecule has 0 aromatic heterocycles. The van der Waals surface area contributed by atoms with Crippen molar-refractivity contribution < 1.29 is 4.79 Å². The van der Waals surface area contributed by atoms with Crippen LogP contribution in [0.1, 0.15) is 49.7 Å². The Morgan fingerprint density at radius 1 is 1.15 bits per heavy atom. The highest BCUT2D eigenvalue weighted by atomic mass is 16.1. The van der Waals surface area contributed by atoms with Gasteiger partial charge in [-0.3, -0.25) is 4.79 Å². The Morgan fingerprint density at radius 2 is 1.85 bits per heavy atom. The average Bonchev–Trinajstić information content (AvgIpc) is 2.69. The summed E-state index contributed by atoms with van der Waals surface area (Å²) < 4.78 is 0. The van der Waals surface area contributed by atoms with E-state index in [1.54, 1.807) is 0 Å². The van der Waals surface area contributed by atoms with E-state index in [4.69, 9.17) is 0 Å². The molecule has 3 nitrogen and oxygen atoms in total. The fourth-order valence-corrected chi connectivity index (χ4v) is 2.82. The summed E-state index contributed by atoms with van der Waals surface area (Å²) in [5.41, 5.74) is 2.53. The summed E-state index contributed by atoms with van der Waals surface area (Å²) >= 11 is 0. The fraction of sp³-hybridized carbons (Fsp3) is 0.588. The van der Waals surface area contributed by atoms with E-state index in [1.807, 2.05) is 12.1 Å². The molecule has 0 heterocycles. The van der Waals surface area contributed by atoms with E-state index in [0.29, 0.717) is 12.6 Å². The Balaban J connectivity index is 1.68. The minimum absolute atomic E-state index is 0.130. The summed E-state index contributed by atoms with van der Waals surface area (Å²) in [6, 6.07) is 8.67. The van der Waals surface area contributed by atoms with Crippen LogP contribution in [0.25, 0.3) is 0 Å². The van der Waals surface area contributed by atoms with E-state index in [1.165, 1.54) is 36.8 Å². The molecule has 1 aromatic rings. The predicted molar refractivity (Wildman–Crippen MR) is 82.5 cm³/mol. The predicted octanol–water partition coefficient (Wildman–Crippen LogP) is 2.92. The summed E-state index contributed by atoms with van der Waals surface area (Å²) in [4.78, 5) is 11.9. The highest BCUT2D eigenvalue weighted by molar-refractivity contribution is 5.78. The van der Waals surface area contributed by atoms with Crippen LogP contribution in [0.3, 0.4) is 0 Å². The molecule has 110 valence electrons. The number of carbonyl (C=O) groups is 1. The van der Waals surface area contributed by atoms with Gasteiger partial charge in [0.2, 0.25) is 5.91 Å². The van der Waals surface area contributed by atoms with Crippen molar-refractivity contribution in [1.29, 1.82) is 0 Å². The monoisotopic (exact) mass is 274 g/mol. The quantitative estimate of drug-likeness (QED) is 0.811. The van der Waals surface area contributed by atoms with E-state index in [2.05, 4.69) is 29.7 Å². The molecule has 0 unspecified atom stereocenters. The molecule has 1 aliphatic rings. The largest absolute Gasteiger partial charge is 0.352 e. The lowest BCUT2D eigenvalue weighted by Crippen LogP contribution is -2.40. The number of benzene rings is 1. The maximum Gasteiger partial charge on any atom is 0.234 e. The van der Waals surface area contributed by atoms with E-state index >= 15 is 0 Å². The Kier molecular flexibility index (Phi) is 6.06. The standard InChI is InChI=1S/C17H26N2O/c1-14-8-6-7-9-15(14)12-18-13-17(20)19-16-10-4-2-3-5-11-16/h6-9,16,18H,2-5,10-13H2,1H3,(H,19,20). The summed E-state index contributed by atoms with van der Waals surface area (Å²) in [7, 11) is 0. The fourth-order valence-electron chi connectivity index (χ4n) is 2.82. The van der Waals surface area contributed by atoms with Gasteiger partial charge in [-0.1, -0.05) is 49.9 Å². The molecule has 2 rings (SSSR count). The lowest BCUT2D eigenvalue weighted by Gasteiger charge is -2.16. The Bertz CT molecular complexity index is 423. The second-order valence-electron chi connectivity index (χ2n) is 5.79. The average molecular weight is 274 g/mol. The number of carbonyl (C=O) groups excluding carboxylic acids is 1. The molecule has 2 N–H and O–H groups in total.